The Bertz CT molecular complexity index is 602. The molecule has 0 spiro atoms. The van der Waals surface area contributed by atoms with Crippen LogP contribution in [0.15, 0.2) is 28.2 Å². The number of aromatic nitrogens is 1. The third kappa shape index (κ3) is 3.33. The van der Waals surface area contributed by atoms with E-state index < -0.39 is 0 Å². The number of carbonyl (C=O) groups excluding carboxylic acids is 1. The van der Waals surface area contributed by atoms with Crippen LogP contribution in [0.5, 0.6) is 0 Å². The molecule has 2 aromatic heterocycles. The van der Waals surface area contributed by atoms with E-state index in [-0.39, 0.29) is 12.0 Å². The Labute approximate surface area is 127 Å². The zero-order chi connectivity index (χ0) is 14.8. The van der Waals surface area contributed by atoms with Crippen LogP contribution in [0, 0.1) is 5.92 Å². The molecule has 2 aromatic rings. The van der Waals surface area contributed by atoms with Gasteiger partial charge in [0, 0.05) is 19.0 Å². The number of furan rings is 1. The van der Waals surface area contributed by atoms with E-state index in [1.54, 1.807) is 11.2 Å². The van der Waals surface area contributed by atoms with Crippen LogP contribution in [-0.4, -0.2) is 40.6 Å². The third-order valence-electron chi connectivity index (χ3n) is 3.78. The summed E-state index contributed by atoms with van der Waals surface area (Å²) in [7, 11) is 1.81. The van der Waals surface area contributed by atoms with Gasteiger partial charge in [0.25, 0.3) is 0 Å². The lowest BCUT2D eigenvalue weighted by Crippen LogP contribution is -2.40. The van der Waals surface area contributed by atoms with E-state index in [9.17, 15) is 9.90 Å². The smallest absolute Gasteiger partial charge is 0.228 e. The van der Waals surface area contributed by atoms with Crippen molar-refractivity contribution in [1.82, 2.24) is 9.88 Å². The maximum Gasteiger partial charge on any atom is 0.228 e. The number of aliphatic hydroxyl groups is 1. The zero-order valence-electron chi connectivity index (χ0n) is 11.9. The minimum atomic E-state index is -0.173. The van der Waals surface area contributed by atoms with Gasteiger partial charge in [-0.2, -0.15) is 0 Å². The first-order chi connectivity index (χ1) is 10.1. The Morgan fingerprint density at radius 3 is 3.05 bits per heavy atom. The number of likely N-dealkylation sites (N-methyl/N-ethyl adjacent to an activating group) is 1. The Hall–Kier alpha value is -1.66. The van der Waals surface area contributed by atoms with Crippen LogP contribution < -0.4 is 0 Å². The predicted octanol–water partition coefficient (Wildman–Crippen LogP) is 2.17. The quantitative estimate of drug-likeness (QED) is 0.919. The van der Waals surface area contributed by atoms with Gasteiger partial charge in [0.05, 0.1) is 24.5 Å². The van der Waals surface area contributed by atoms with Gasteiger partial charge in [-0.3, -0.25) is 4.79 Å². The number of nitrogens with zero attached hydrogens (tertiary/aromatic N) is 2. The summed E-state index contributed by atoms with van der Waals surface area (Å²) in [6.07, 6.45) is 3.35. The molecule has 0 saturated heterocycles. The lowest BCUT2D eigenvalue weighted by Gasteiger charge is -2.34. The van der Waals surface area contributed by atoms with E-state index in [1.165, 1.54) is 11.3 Å². The molecule has 2 heterocycles. The molecule has 1 aliphatic rings. The second kappa shape index (κ2) is 5.99. The molecule has 5 nitrogen and oxygen atoms in total. The second-order valence-corrected chi connectivity index (χ2v) is 6.42. The molecule has 112 valence electrons. The molecule has 3 rings (SSSR count). The van der Waals surface area contributed by atoms with Gasteiger partial charge >= 0.3 is 0 Å². The lowest BCUT2D eigenvalue weighted by atomic mass is 9.82. The lowest BCUT2D eigenvalue weighted by molar-refractivity contribution is -0.130. The highest BCUT2D eigenvalue weighted by Gasteiger charge is 2.29. The van der Waals surface area contributed by atoms with Crippen molar-refractivity contribution in [3.05, 3.63) is 29.5 Å². The van der Waals surface area contributed by atoms with Crippen LogP contribution in [0.3, 0.4) is 0 Å². The third-order valence-corrected chi connectivity index (χ3v) is 4.69. The molecule has 0 atom stereocenters. The van der Waals surface area contributed by atoms with Crippen molar-refractivity contribution in [2.75, 3.05) is 13.6 Å². The number of rotatable bonds is 5. The molecule has 1 aliphatic carbocycles. The Morgan fingerprint density at radius 1 is 1.57 bits per heavy atom. The van der Waals surface area contributed by atoms with Gasteiger partial charge in [-0.15, -0.1) is 11.3 Å². The summed E-state index contributed by atoms with van der Waals surface area (Å²) in [5.41, 5.74) is 0.775. The van der Waals surface area contributed by atoms with Crippen LogP contribution in [0.25, 0.3) is 10.8 Å². The van der Waals surface area contributed by atoms with Gasteiger partial charge in [-0.1, -0.05) is 0 Å². The fourth-order valence-corrected chi connectivity index (χ4v) is 3.32. The molecule has 0 aromatic carbocycles. The van der Waals surface area contributed by atoms with E-state index in [1.807, 2.05) is 24.6 Å². The van der Waals surface area contributed by atoms with E-state index >= 15 is 0 Å². The molecular weight excluding hydrogens is 288 g/mol. The number of hydrogen-bond acceptors (Lipinski definition) is 5. The summed E-state index contributed by atoms with van der Waals surface area (Å²) in [4.78, 5) is 18.3. The number of amides is 1. The minimum Gasteiger partial charge on any atom is -0.462 e. The van der Waals surface area contributed by atoms with Gasteiger partial charge in [0.2, 0.25) is 5.91 Å². The van der Waals surface area contributed by atoms with Gasteiger partial charge in [-0.25, -0.2) is 4.98 Å². The average Bonchev–Trinajstić information content (AvgIpc) is 3.06. The molecular formula is C15H18N2O3S. The largest absolute Gasteiger partial charge is 0.462 e. The van der Waals surface area contributed by atoms with Crippen LogP contribution in [-0.2, 0) is 11.2 Å². The maximum atomic E-state index is 12.2. The summed E-state index contributed by atoms with van der Waals surface area (Å²) in [5, 5.41) is 12.0. The molecule has 0 radical (unpaired) electrons. The Kier molecular flexibility index (Phi) is 4.07. The molecule has 6 heteroatoms. The fourth-order valence-electron chi connectivity index (χ4n) is 2.53. The summed E-state index contributed by atoms with van der Waals surface area (Å²) in [6, 6.07) is 3.68. The van der Waals surface area contributed by atoms with E-state index in [0.717, 1.165) is 29.3 Å². The zero-order valence-corrected chi connectivity index (χ0v) is 12.7. The van der Waals surface area contributed by atoms with Crippen molar-refractivity contribution in [3.63, 3.8) is 0 Å². The molecule has 21 heavy (non-hydrogen) atoms. The molecule has 1 amide bonds. The molecule has 1 saturated carbocycles. The summed E-state index contributed by atoms with van der Waals surface area (Å²) < 4.78 is 5.30. The topological polar surface area (TPSA) is 66.6 Å². The number of carbonyl (C=O) groups is 1. The first kappa shape index (κ1) is 14.3. The van der Waals surface area contributed by atoms with E-state index in [0.29, 0.717) is 18.9 Å². The van der Waals surface area contributed by atoms with Gasteiger partial charge in [0.15, 0.2) is 10.8 Å². The highest BCUT2D eigenvalue weighted by molar-refractivity contribution is 7.13. The predicted molar refractivity (Wildman–Crippen MR) is 79.9 cm³/mol. The number of thiazole rings is 1. The highest BCUT2D eigenvalue weighted by atomic mass is 32.1. The number of hydrogen-bond donors (Lipinski definition) is 1. The first-order valence-corrected chi connectivity index (χ1v) is 7.90. The molecule has 1 N–H and O–H groups in total. The van der Waals surface area contributed by atoms with Crippen LogP contribution in [0.2, 0.25) is 0 Å². The summed E-state index contributed by atoms with van der Waals surface area (Å²) >= 11 is 1.48. The number of aliphatic hydroxyl groups excluding tert-OH is 1. The Balaban J connectivity index is 1.55. The maximum absolute atomic E-state index is 12.2. The van der Waals surface area contributed by atoms with Crippen molar-refractivity contribution in [2.24, 2.45) is 5.92 Å². The molecule has 0 bridgehead atoms. The van der Waals surface area contributed by atoms with Crippen molar-refractivity contribution in [3.8, 4) is 10.8 Å². The van der Waals surface area contributed by atoms with Gasteiger partial charge < -0.3 is 14.4 Å². The van der Waals surface area contributed by atoms with Crippen LogP contribution in [0.4, 0.5) is 0 Å². The fraction of sp³-hybridized carbons (Fsp3) is 0.467. The van der Waals surface area contributed by atoms with Gasteiger partial charge in [0.1, 0.15) is 0 Å². The van der Waals surface area contributed by atoms with Crippen molar-refractivity contribution in [1.29, 1.82) is 0 Å². The molecule has 0 aliphatic heterocycles. The Morgan fingerprint density at radius 2 is 2.38 bits per heavy atom. The average molecular weight is 306 g/mol. The van der Waals surface area contributed by atoms with Crippen molar-refractivity contribution >= 4 is 17.2 Å². The first-order valence-electron chi connectivity index (χ1n) is 7.02. The summed E-state index contributed by atoms with van der Waals surface area (Å²) in [6.45, 7) is 0.713. The monoisotopic (exact) mass is 306 g/mol. The highest BCUT2D eigenvalue weighted by Crippen LogP contribution is 2.28. The SMILES string of the molecule is CN(CC1CC(O)C1)C(=O)Cc1csc(-c2ccco2)n1. The molecule has 0 unspecified atom stereocenters. The summed E-state index contributed by atoms with van der Waals surface area (Å²) in [5.74, 6) is 1.23. The van der Waals surface area contributed by atoms with E-state index in [4.69, 9.17) is 4.42 Å². The van der Waals surface area contributed by atoms with Crippen molar-refractivity contribution in [2.45, 2.75) is 25.4 Å². The minimum absolute atomic E-state index is 0.0627. The standard InChI is InChI=1S/C15H18N2O3S/c1-17(8-10-5-12(18)6-10)14(19)7-11-9-21-15(16-11)13-3-2-4-20-13/h2-4,9-10,12,18H,5-8H2,1H3. The normalized spacial score (nSPS) is 21.0. The van der Waals surface area contributed by atoms with E-state index in [2.05, 4.69) is 4.98 Å². The van der Waals surface area contributed by atoms with Gasteiger partial charge in [-0.05, 0) is 30.9 Å². The van der Waals surface area contributed by atoms with Crippen LogP contribution >= 0.6 is 11.3 Å². The van der Waals surface area contributed by atoms with Crippen molar-refractivity contribution < 1.29 is 14.3 Å². The van der Waals surface area contributed by atoms with Crippen LogP contribution in [0.1, 0.15) is 18.5 Å². The molecule has 1 fully saturated rings. The second-order valence-electron chi connectivity index (χ2n) is 5.56.